The number of fused-ring (bicyclic) bond motifs is 1. The average molecular weight is 394 g/mol. The van der Waals surface area contributed by atoms with Gasteiger partial charge in [-0.3, -0.25) is 14.2 Å². The molecule has 0 N–H and O–H groups in total. The van der Waals surface area contributed by atoms with Crippen molar-refractivity contribution >= 4 is 28.4 Å². The number of rotatable bonds is 5. The van der Waals surface area contributed by atoms with E-state index in [9.17, 15) is 14.0 Å². The second-order valence-electron chi connectivity index (χ2n) is 6.17. The van der Waals surface area contributed by atoms with Crippen LogP contribution in [0.15, 0.2) is 75.2 Å². The minimum absolute atomic E-state index is 0.0344. The van der Waals surface area contributed by atoms with Crippen LogP contribution in [0.2, 0.25) is 0 Å². The van der Waals surface area contributed by atoms with E-state index in [1.807, 2.05) is 0 Å². The molecule has 28 heavy (non-hydrogen) atoms. The van der Waals surface area contributed by atoms with Gasteiger partial charge < -0.3 is 4.42 Å². The van der Waals surface area contributed by atoms with E-state index < -0.39 is 5.82 Å². The molecule has 4 aromatic rings. The van der Waals surface area contributed by atoms with Gasteiger partial charge in [0.25, 0.3) is 5.56 Å². The zero-order valence-corrected chi connectivity index (χ0v) is 15.7. The van der Waals surface area contributed by atoms with Crippen LogP contribution < -0.4 is 5.56 Å². The lowest BCUT2D eigenvalue weighted by Gasteiger charge is -2.13. The Hall–Kier alpha value is -3.19. The van der Waals surface area contributed by atoms with Crippen molar-refractivity contribution in [3.05, 3.63) is 88.4 Å². The number of aromatic nitrogens is 2. The van der Waals surface area contributed by atoms with E-state index >= 15 is 0 Å². The number of furan rings is 1. The van der Waals surface area contributed by atoms with Crippen molar-refractivity contribution in [1.82, 2.24) is 9.55 Å². The molecule has 0 aliphatic carbocycles. The fourth-order valence-electron chi connectivity index (χ4n) is 2.80. The van der Waals surface area contributed by atoms with Crippen LogP contribution >= 0.6 is 11.8 Å². The number of halogens is 1. The molecule has 0 radical (unpaired) electrons. The fraction of sp³-hybridized carbons (Fsp3) is 0.0952. The Morgan fingerprint density at radius 2 is 2.00 bits per heavy atom. The minimum atomic E-state index is -0.417. The highest BCUT2D eigenvalue weighted by molar-refractivity contribution is 7.99. The first-order valence-electron chi connectivity index (χ1n) is 8.52. The number of hydrogen-bond donors (Lipinski definition) is 0. The molecule has 2 aromatic heterocycles. The van der Waals surface area contributed by atoms with E-state index in [4.69, 9.17) is 4.42 Å². The second-order valence-corrected chi connectivity index (χ2v) is 7.12. The van der Waals surface area contributed by atoms with Crippen LogP contribution in [0.5, 0.6) is 0 Å². The van der Waals surface area contributed by atoms with Gasteiger partial charge in [-0.25, -0.2) is 9.37 Å². The van der Waals surface area contributed by atoms with Gasteiger partial charge in [-0.1, -0.05) is 30.0 Å². The maximum atomic E-state index is 14.1. The zero-order chi connectivity index (χ0) is 19.7. The maximum Gasteiger partial charge on any atom is 0.266 e. The van der Waals surface area contributed by atoms with Crippen molar-refractivity contribution in [1.29, 1.82) is 0 Å². The van der Waals surface area contributed by atoms with Gasteiger partial charge >= 0.3 is 0 Å². The molecule has 0 aliphatic rings. The lowest BCUT2D eigenvalue weighted by atomic mass is 10.2. The summed E-state index contributed by atoms with van der Waals surface area (Å²) < 4.78 is 20.6. The summed E-state index contributed by atoms with van der Waals surface area (Å²) in [5, 5.41) is 0.733. The molecule has 0 fully saturated rings. The van der Waals surface area contributed by atoms with Crippen molar-refractivity contribution in [2.75, 3.05) is 5.75 Å². The predicted molar refractivity (Wildman–Crippen MR) is 106 cm³/mol. The van der Waals surface area contributed by atoms with Gasteiger partial charge in [0.2, 0.25) is 5.78 Å². The highest BCUT2D eigenvalue weighted by Crippen LogP contribution is 2.23. The number of carbonyl (C=O) groups is 1. The first-order valence-corrected chi connectivity index (χ1v) is 9.51. The molecule has 0 amide bonds. The van der Waals surface area contributed by atoms with Crippen LogP contribution in [0, 0.1) is 12.7 Å². The molecule has 2 heterocycles. The Morgan fingerprint density at radius 3 is 2.75 bits per heavy atom. The predicted octanol–water partition coefficient (Wildman–Crippen LogP) is 4.40. The lowest BCUT2D eigenvalue weighted by Crippen LogP contribution is -2.22. The van der Waals surface area contributed by atoms with Gasteiger partial charge in [-0.05, 0) is 48.9 Å². The number of Topliss-reactive ketones (excluding diaryl/α,β-unsaturated/α-hetero) is 1. The lowest BCUT2D eigenvalue weighted by molar-refractivity contribution is 0.0992. The third-order valence-electron chi connectivity index (χ3n) is 4.29. The van der Waals surface area contributed by atoms with Crippen LogP contribution in [0.3, 0.4) is 0 Å². The maximum absolute atomic E-state index is 14.1. The average Bonchev–Trinajstić information content (AvgIpc) is 3.23. The first-order chi connectivity index (χ1) is 13.5. The number of nitrogens with zero attached hydrogens (tertiary/aromatic N) is 2. The zero-order valence-electron chi connectivity index (χ0n) is 14.9. The van der Waals surface area contributed by atoms with E-state index in [2.05, 4.69) is 4.98 Å². The summed E-state index contributed by atoms with van der Waals surface area (Å²) in [5.41, 5.74) is 1.04. The van der Waals surface area contributed by atoms with Crippen molar-refractivity contribution in [3.63, 3.8) is 0 Å². The van der Waals surface area contributed by atoms with Crippen molar-refractivity contribution in [2.24, 2.45) is 0 Å². The highest BCUT2D eigenvalue weighted by Gasteiger charge is 2.17. The summed E-state index contributed by atoms with van der Waals surface area (Å²) in [6.45, 7) is 1.65. The largest absolute Gasteiger partial charge is 0.461 e. The molecule has 2 aromatic carbocycles. The molecule has 0 bridgehead atoms. The van der Waals surface area contributed by atoms with E-state index in [0.29, 0.717) is 27.3 Å². The number of thioether (sulfide) groups is 1. The topological polar surface area (TPSA) is 65.1 Å². The third kappa shape index (κ3) is 3.36. The van der Waals surface area contributed by atoms with Crippen LogP contribution in [-0.2, 0) is 0 Å². The molecule has 0 spiro atoms. The van der Waals surface area contributed by atoms with Gasteiger partial charge in [-0.2, -0.15) is 0 Å². The molecular formula is C21H15FN2O3S. The first kappa shape index (κ1) is 18.2. The fourth-order valence-corrected chi connectivity index (χ4v) is 3.68. The van der Waals surface area contributed by atoms with Crippen LogP contribution in [-0.4, -0.2) is 21.1 Å². The minimum Gasteiger partial charge on any atom is -0.461 e. The van der Waals surface area contributed by atoms with Crippen LogP contribution in [0.1, 0.15) is 16.1 Å². The number of ketones is 1. The molecule has 0 saturated carbocycles. The smallest absolute Gasteiger partial charge is 0.266 e. The molecule has 0 unspecified atom stereocenters. The highest BCUT2D eigenvalue weighted by atomic mass is 32.2. The van der Waals surface area contributed by atoms with E-state index in [0.717, 1.165) is 11.8 Å². The molecule has 0 atom stereocenters. The van der Waals surface area contributed by atoms with E-state index in [-0.39, 0.29) is 22.9 Å². The summed E-state index contributed by atoms with van der Waals surface area (Å²) >= 11 is 1.11. The summed E-state index contributed by atoms with van der Waals surface area (Å²) in [7, 11) is 0. The quantitative estimate of drug-likeness (QED) is 0.285. The Morgan fingerprint density at radius 1 is 1.18 bits per heavy atom. The third-order valence-corrected chi connectivity index (χ3v) is 5.23. The van der Waals surface area contributed by atoms with Crippen molar-refractivity contribution in [2.45, 2.75) is 12.1 Å². The summed E-state index contributed by atoms with van der Waals surface area (Å²) in [5.74, 6) is -0.366. The van der Waals surface area contributed by atoms with Gasteiger partial charge in [0.1, 0.15) is 5.82 Å². The van der Waals surface area contributed by atoms with Crippen LogP contribution in [0.4, 0.5) is 4.39 Å². The molecule has 0 aliphatic heterocycles. The Labute approximate surface area is 163 Å². The van der Waals surface area contributed by atoms with Crippen molar-refractivity contribution < 1.29 is 13.6 Å². The normalized spacial score (nSPS) is 11.1. The number of benzene rings is 2. The van der Waals surface area contributed by atoms with Crippen molar-refractivity contribution in [3.8, 4) is 5.69 Å². The number of hydrogen-bond acceptors (Lipinski definition) is 5. The Balaban J connectivity index is 1.82. The van der Waals surface area contributed by atoms with Crippen LogP contribution in [0.25, 0.3) is 16.6 Å². The van der Waals surface area contributed by atoms with Gasteiger partial charge in [0.05, 0.1) is 28.6 Å². The summed E-state index contributed by atoms with van der Waals surface area (Å²) in [6.07, 6.45) is 1.43. The second kappa shape index (κ2) is 7.44. The van der Waals surface area contributed by atoms with Gasteiger partial charge in [-0.15, -0.1) is 0 Å². The SMILES string of the molecule is Cc1ccc(-n2c(SCC(=O)c3ccco3)nc3ccccc3c2=O)cc1F. The summed E-state index contributed by atoms with van der Waals surface area (Å²) in [6, 6.07) is 14.7. The molecular weight excluding hydrogens is 379 g/mol. The number of carbonyl (C=O) groups excluding carboxylic acids is 1. The molecule has 4 rings (SSSR count). The Bertz CT molecular complexity index is 1230. The molecule has 140 valence electrons. The molecule has 7 heteroatoms. The number of aryl methyl sites for hydroxylation is 1. The Kier molecular flexibility index (Phi) is 4.83. The summed E-state index contributed by atoms with van der Waals surface area (Å²) in [4.78, 5) is 29.9. The molecule has 5 nitrogen and oxygen atoms in total. The van der Waals surface area contributed by atoms with E-state index in [1.54, 1.807) is 55.5 Å². The monoisotopic (exact) mass is 394 g/mol. The van der Waals surface area contributed by atoms with Gasteiger partial charge in [0, 0.05) is 0 Å². The number of para-hydroxylation sites is 1. The van der Waals surface area contributed by atoms with Gasteiger partial charge in [0.15, 0.2) is 10.9 Å². The standard InChI is InChI=1S/C21H15FN2O3S/c1-13-8-9-14(11-16(13)22)24-20(26)15-5-2-3-6-17(15)23-21(24)28-12-18(25)19-7-4-10-27-19/h2-11H,12H2,1H3. The van der Waals surface area contributed by atoms with E-state index in [1.165, 1.54) is 16.9 Å². The molecule has 0 saturated heterocycles.